The Hall–Kier alpha value is -1.56. The van der Waals surface area contributed by atoms with Gasteiger partial charge in [-0.2, -0.15) is 0 Å². The molecular weight excluding hydrogens is 274 g/mol. The fraction of sp³-hybridized carbons (Fsp3) is 0.500. The molecule has 0 fully saturated rings. The highest BCUT2D eigenvalue weighted by molar-refractivity contribution is 7.90. The number of guanidine groups is 1. The number of benzene rings is 1. The number of hydrogen-bond donors (Lipinski definition) is 2. The number of rotatable bonds is 7. The first kappa shape index (κ1) is 16.5. The van der Waals surface area contributed by atoms with Crippen molar-refractivity contribution in [2.24, 2.45) is 4.99 Å². The zero-order valence-electron chi connectivity index (χ0n) is 12.1. The molecule has 0 aliphatic rings. The molecule has 0 unspecified atom stereocenters. The quantitative estimate of drug-likeness (QED) is 0.450. The summed E-state index contributed by atoms with van der Waals surface area (Å²) in [6.45, 7) is 3.96. The average molecular weight is 297 g/mol. The number of nitrogens with one attached hydrogen (secondary N) is 2. The van der Waals surface area contributed by atoms with Crippen LogP contribution in [0.2, 0.25) is 0 Å². The van der Waals surface area contributed by atoms with Crippen molar-refractivity contribution >= 4 is 15.8 Å². The van der Waals surface area contributed by atoms with E-state index in [4.69, 9.17) is 0 Å². The highest BCUT2D eigenvalue weighted by atomic mass is 32.2. The first-order valence-corrected chi connectivity index (χ1v) is 8.81. The van der Waals surface area contributed by atoms with Gasteiger partial charge >= 0.3 is 0 Å². The van der Waals surface area contributed by atoms with Crippen molar-refractivity contribution in [2.75, 3.05) is 25.1 Å². The third-order valence-electron chi connectivity index (χ3n) is 2.59. The summed E-state index contributed by atoms with van der Waals surface area (Å²) in [4.78, 5) is 4.46. The van der Waals surface area contributed by atoms with Gasteiger partial charge in [0.25, 0.3) is 0 Å². The number of nitrogens with zero attached hydrogens (tertiary/aromatic N) is 1. The van der Waals surface area contributed by atoms with Crippen LogP contribution in [0.1, 0.15) is 18.9 Å². The van der Waals surface area contributed by atoms with Gasteiger partial charge in [0.1, 0.15) is 9.84 Å². The minimum atomic E-state index is -2.89. The Bertz CT molecular complexity index is 512. The molecule has 0 aromatic heterocycles. The maximum atomic E-state index is 11.0. The number of aliphatic imine (C=N–C) groups is 1. The Morgan fingerprint density at radius 3 is 2.50 bits per heavy atom. The van der Waals surface area contributed by atoms with Gasteiger partial charge in [-0.05, 0) is 18.9 Å². The molecule has 0 saturated carbocycles. The van der Waals surface area contributed by atoms with Gasteiger partial charge in [-0.15, -0.1) is 0 Å². The van der Waals surface area contributed by atoms with Crippen LogP contribution < -0.4 is 10.6 Å². The summed E-state index contributed by atoms with van der Waals surface area (Å²) in [5.41, 5.74) is 1.14. The Kier molecular flexibility index (Phi) is 7.08. The molecule has 0 atom stereocenters. The highest BCUT2D eigenvalue weighted by Gasteiger charge is 2.02. The van der Waals surface area contributed by atoms with Crippen LogP contribution in [0.15, 0.2) is 35.3 Å². The summed E-state index contributed by atoms with van der Waals surface area (Å²) in [5.74, 6) is 0.905. The molecule has 0 amide bonds. The first-order chi connectivity index (χ1) is 9.51. The fourth-order valence-corrected chi connectivity index (χ4v) is 2.31. The molecule has 0 aliphatic heterocycles. The van der Waals surface area contributed by atoms with E-state index in [1.807, 2.05) is 37.3 Å². The van der Waals surface area contributed by atoms with Crippen LogP contribution in [0.25, 0.3) is 0 Å². The summed E-state index contributed by atoms with van der Waals surface area (Å²) in [6.07, 6.45) is 1.83. The predicted octanol–water partition coefficient (Wildman–Crippen LogP) is 1.18. The van der Waals surface area contributed by atoms with Gasteiger partial charge in [0.15, 0.2) is 5.96 Å². The minimum absolute atomic E-state index is 0.193. The molecule has 112 valence electrons. The van der Waals surface area contributed by atoms with Crippen LogP contribution >= 0.6 is 0 Å². The summed E-state index contributed by atoms with van der Waals surface area (Å²) in [7, 11) is -2.89. The van der Waals surface area contributed by atoms with Crippen molar-refractivity contribution in [3.05, 3.63) is 35.9 Å². The number of sulfone groups is 1. The SMILES string of the molecule is CCNC(=NCc1ccccc1)NCCCS(C)(=O)=O. The molecule has 0 spiro atoms. The molecule has 6 heteroatoms. The third kappa shape index (κ3) is 7.78. The van der Waals surface area contributed by atoms with Crippen molar-refractivity contribution in [3.63, 3.8) is 0 Å². The van der Waals surface area contributed by atoms with E-state index in [1.54, 1.807) is 0 Å². The molecule has 20 heavy (non-hydrogen) atoms. The van der Waals surface area contributed by atoms with Crippen molar-refractivity contribution in [1.82, 2.24) is 10.6 Å². The Morgan fingerprint density at radius 2 is 1.90 bits per heavy atom. The lowest BCUT2D eigenvalue weighted by Crippen LogP contribution is -2.38. The Labute approximate surface area is 121 Å². The van der Waals surface area contributed by atoms with Crippen molar-refractivity contribution in [2.45, 2.75) is 19.9 Å². The van der Waals surface area contributed by atoms with Crippen LogP contribution in [0.4, 0.5) is 0 Å². The monoisotopic (exact) mass is 297 g/mol. The van der Waals surface area contributed by atoms with Crippen molar-refractivity contribution in [1.29, 1.82) is 0 Å². The summed E-state index contributed by atoms with van der Waals surface area (Å²) < 4.78 is 22.1. The van der Waals surface area contributed by atoms with Gasteiger partial charge < -0.3 is 10.6 Å². The van der Waals surface area contributed by atoms with E-state index < -0.39 is 9.84 Å². The van der Waals surface area contributed by atoms with Crippen molar-refractivity contribution in [3.8, 4) is 0 Å². The van der Waals surface area contributed by atoms with E-state index in [-0.39, 0.29) is 5.75 Å². The van der Waals surface area contributed by atoms with Crippen LogP contribution in [0.3, 0.4) is 0 Å². The van der Waals surface area contributed by atoms with E-state index in [9.17, 15) is 8.42 Å². The van der Waals surface area contributed by atoms with Gasteiger partial charge in [0.2, 0.25) is 0 Å². The van der Waals surface area contributed by atoms with Gasteiger partial charge in [-0.25, -0.2) is 13.4 Å². The second kappa shape index (κ2) is 8.58. The average Bonchev–Trinajstić information content (AvgIpc) is 2.41. The second-order valence-corrected chi connectivity index (χ2v) is 6.85. The summed E-state index contributed by atoms with van der Waals surface area (Å²) in [5, 5.41) is 6.28. The molecule has 2 N–H and O–H groups in total. The van der Waals surface area contributed by atoms with Gasteiger partial charge in [-0.1, -0.05) is 30.3 Å². The van der Waals surface area contributed by atoms with Crippen LogP contribution in [-0.4, -0.2) is 39.5 Å². The molecule has 0 aliphatic carbocycles. The van der Waals surface area contributed by atoms with E-state index in [0.717, 1.165) is 12.1 Å². The smallest absolute Gasteiger partial charge is 0.191 e. The maximum absolute atomic E-state index is 11.0. The molecule has 0 saturated heterocycles. The zero-order chi connectivity index (χ0) is 14.8. The van der Waals surface area contributed by atoms with Crippen molar-refractivity contribution < 1.29 is 8.42 Å². The normalized spacial score (nSPS) is 12.2. The molecule has 0 bridgehead atoms. The van der Waals surface area contributed by atoms with Gasteiger partial charge in [0.05, 0.1) is 12.3 Å². The number of hydrogen-bond acceptors (Lipinski definition) is 3. The second-order valence-electron chi connectivity index (χ2n) is 4.59. The molecule has 1 rings (SSSR count). The van der Waals surface area contributed by atoms with Crippen LogP contribution in [0, 0.1) is 0 Å². The van der Waals surface area contributed by atoms with E-state index in [2.05, 4.69) is 15.6 Å². The third-order valence-corrected chi connectivity index (χ3v) is 3.62. The zero-order valence-corrected chi connectivity index (χ0v) is 12.9. The van der Waals surface area contributed by atoms with E-state index in [1.165, 1.54) is 6.26 Å². The lowest BCUT2D eigenvalue weighted by atomic mass is 10.2. The molecule has 0 radical (unpaired) electrons. The Morgan fingerprint density at radius 1 is 1.20 bits per heavy atom. The highest BCUT2D eigenvalue weighted by Crippen LogP contribution is 1.99. The molecule has 5 nitrogen and oxygen atoms in total. The lowest BCUT2D eigenvalue weighted by molar-refractivity contribution is 0.598. The molecule has 1 aromatic carbocycles. The molecule has 0 heterocycles. The first-order valence-electron chi connectivity index (χ1n) is 6.75. The topological polar surface area (TPSA) is 70.6 Å². The molecular formula is C14H23N3O2S. The molecule has 1 aromatic rings. The van der Waals surface area contributed by atoms with E-state index >= 15 is 0 Å². The lowest BCUT2D eigenvalue weighted by Gasteiger charge is -2.11. The fourth-order valence-electron chi connectivity index (χ4n) is 1.64. The van der Waals surface area contributed by atoms with Crippen LogP contribution in [0.5, 0.6) is 0 Å². The minimum Gasteiger partial charge on any atom is -0.357 e. The van der Waals surface area contributed by atoms with Crippen LogP contribution in [-0.2, 0) is 16.4 Å². The largest absolute Gasteiger partial charge is 0.357 e. The van der Waals surface area contributed by atoms with Gasteiger partial charge in [0, 0.05) is 19.3 Å². The summed E-state index contributed by atoms with van der Waals surface area (Å²) in [6, 6.07) is 9.99. The van der Waals surface area contributed by atoms with E-state index in [0.29, 0.717) is 25.5 Å². The Balaban J connectivity index is 2.43. The summed E-state index contributed by atoms with van der Waals surface area (Å²) >= 11 is 0. The maximum Gasteiger partial charge on any atom is 0.191 e. The standard InChI is InChI=1S/C14H23N3O2S/c1-3-15-14(16-10-7-11-20(2,18)19)17-12-13-8-5-4-6-9-13/h4-6,8-9H,3,7,10-12H2,1-2H3,(H2,15,16,17). The van der Waals surface area contributed by atoms with Gasteiger partial charge in [-0.3, -0.25) is 0 Å². The predicted molar refractivity (Wildman–Crippen MR) is 83.6 cm³/mol.